The number of hydrogen-bond acceptors (Lipinski definition) is 4. The predicted molar refractivity (Wildman–Crippen MR) is 57.9 cm³/mol. The summed E-state index contributed by atoms with van der Waals surface area (Å²) in [5.41, 5.74) is 0. The molecule has 0 bridgehead atoms. The quantitative estimate of drug-likeness (QED) is 0.383. The first-order chi connectivity index (χ1) is 7.70. The molecule has 0 rings (SSSR count). The molecule has 0 saturated heterocycles. The van der Waals surface area contributed by atoms with Gasteiger partial charge >= 0.3 is 11.9 Å². The van der Waals surface area contributed by atoms with E-state index < -0.39 is 11.9 Å². The summed E-state index contributed by atoms with van der Waals surface area (Å²) in [5.74, 6) is 8.93. The molecule has 82 valence electrons. The second kappa shape index (κ2) is 9.11. The lowest BCUT2D eigenvalue weighted by atomic mass is 10.4. The maximum absolute atomic E-state index is 10.6. The van der Waals surface area contributed by atoms with Gasteiger partial charge in [-0.05, 0) is 24.0 Å². The standard InChI is InChI=1S/C12H10O4/c1-15-11(13)9-7-5-3-4-6-8-10-12(14)16-2/h7-10H,1-2H3/b9-7-,10-8-. The van der Waals surface area contributed by atoms with Gasteiger partial charge in [0, 0.05) is 12.2 Å². The maximum atomic E-state index is 10.6. The van der Waals surface area contributed by atoms with Crippen molar-refractivity contribution in [3.05, 3.63) is 24.3 Å². The topological polar surface area (TPSA) is 52.6 Å². The smallest absolute Gasteiger partial charge is 0.331 e. The molecular weight excluding hydrogens is 208 g/mol. The molecule has 16 heavy (non-hydrogen) atoms. The number of methoxy groups -OCH3 is 2. The zero-order valence-corrected chi connectivity index (χ0v) is 8.94. The predicted octanol–water partition coefficient (Wildman–Crippen LogP) is 0.452. The Labute approximate surface area is 93.9 Å². The SMILES string of the molecule is COC(=O)/C=C\C#CC#C/C=C\C(=O)OC. The molecule has 0 heterocycles. The number of carbonyl (C=O) groups is 2. The lowest BCUT2D eigenvalue weighted by Gasteiger charge is -1.84. The minimum Gasteiger partial charge on any atom is -0.466 e. The molecule has 0 aliphatic carbocycles. The van der Waals surface area contributed by atoms with E-state index in [0.29, 0.717) is 0 Å². The summed E-state index contributed by atoms with van der Waals surface area (Å²) < 4.78 is 8.68. The van der Waals surface area contributed by atoms with Crippen LogP contribution in [0.1, 0.15) is 0 Å². The highest BCUT2D eigenvalue weighted by Gasteiger charge is 1.86. The van der Waals surface area contributed by atoms with Crippen molar-refractivity contribution in [3.63, 3.8) is 0 Å². The molecule has 0 radical (unpaired) electrons. The van der Waals surface area contributed by atoms with E-state index in [9.17, 15) is 9.59 Å². The summed E-state index contributed by atoms with van der Waals surface area (Å²) in [6.45, 7) is 0. The van der Waals surface area contributed by atoms with Gasteiger partial charge in [0.25, 0.3) is 0 Å². The Morgan fingerprint density at radius 1 is 0.875 bits per heavy atom. The Bertz CT molecular complexity index is 379. The van der Waals surface area contributed by atoms with Crippen LogP contribution in [-0.2, 0) is 19.1 Å². The second-order valence-electron chi connectivity index (χ2n) is 2.25. The van der Waals surface area contributed by atoms with Crippen LogP contribution in [0.15, 0.2) is 24.3 Å². The van der Waals surface area contributed by atoms with Crippen molar-refractivity contribution in [3.8, 4) is 23.7 Å². The van der Waals surface area contributed by atoms with Crippen LogP contribution in [0, 0.1) is 23.7 Å². The van der Waals surface area contributed by atoms with Gasteiger partial charge in [-0.3, -0.25) is 0 Å². The summed E-state index contributed by atoms with van der Waals surface area (Å²) in [6, 6.07) is 0. The van der Waals surface area contributed by atoms with E-state index in [-0.39, 0.29) is 0 Å². The molecule has 0 spiro atoms. The van der Waals surface area contributed by atoms with Gasteiger partial charge in [0.05, 0.1) is 14.2 Å². The molecule has 0 aliphatic rings. The number of hydrogen-bond donors (Lipinski definition) is 0. The van der Waals surface area contributed by atoms with Gasteiger partial charge in [0.2, 0.25) is 0 Å². The molecule has 0 aliphatic heterocycles. The lowest BCUT2D eigenvalue weighted by molar-refractivity contribution is -0.135. The van der Waals surface area contributed by atoms with Gasteiger partial charge < -0.3 is 9.47 Å². The highest BCUT2D eigenvalue weighted by molar-refractivity contribution is 5.82. The molecule has 0 amide bonds. The molecule has 0 N–H and O–H groups in total. The first-order valence-electron chi connectivity index (χ1n) is 4.20. The minimum atomic E-state index is -0.479. The van der Waals surface area contributed by atoms with E-state index >= 15 is 0 Å². The number of allylic oxidation sites excluding steroid dienone is 2. The Kier molecular flexibility index (Phi) is 7.71. The summed E-state index contributed by atoms with van der Waals surface area (Å²) >= 11 is 0. The molecule has 0 unspecified atom stereocenters. The second-order valence-corrected chi connectivity index (χ2v) is 2.25. The number of esters is 2. The third-order valence-corrected chi connectivity index (χ3v) is 1.21. The van der Waals surface area contributed by atoms with E-state index in [1.54, 1.807) is 0 Å². The number of ether oxygens (including phenoxy) is 2. The summed E-state index contributed by atoms with van der Waals surface area (Å²) in [5, 5.41) is 0. The zero-order valence-electron chi connectivity index (χ0n) is 8.94. The van der Waals surface area contributed by atoms with E-state index in [4.69, 9.17) is 0 Å². The average Bonchev–Trinajstić information content (AvgIpc) is 2.31. The summed E-state index contributed by atoms with van der Waals surface area (Å²) in [6.07, 6.45) is 5.01. The molecule has 0 aromatic heterocycles. The molecule has 0 aromatic rings. The number of carbonyl (C=O) groups excluding carboxylic acids is 2. The van der Waals surface area contributed by atoms with Crippen LogP contribution in [0.25, 0.3) is 0 Å². The van der Waals surface area contributed by atoms with Gasteiger partial charge in [-0.1, -0.05) is 11.8 Å². The van der Waals surface area contributed by atoms with Crippen LogP contribution in [0.2, 0.25) is 0 Å². The van der Waals surface area contributed by atoms with E-state index in [1.165, 1.54) is 38.5 Å². The van der Waals surface area contributed by atoms with Crippen LogP contribution < -0.4 is 0 Å². The molecule has 4 heteroatoms. The molecule has 4 nitrogen and oxygen atoms in total. The third-order valence-electron chi connectivity index (χ3n) is 1.21. The van der Waals surface area contributed by atoms with Crippen molar-refractivity contribution in [2.75, 3.05) is 14.2 Å². The van der Waals surface area contributed by atoms with Gasteiger partial charge in [-0.15, -0.1) is 0 Å². The molecule has 0 fully saturated rings. The summed E-state index contributed by atoms with van der Waals surface area (Å²) in [4.78, 5) is 21.2. The average molecular weight is 218 g/mol. The van der Waals surface area contributed by atoms with Crippen molar-refractivity contribution in [1.29, 1.82) is 0 Å². The number of rotatable bonds is 2. The Morgan fingerprint density at radius 2 is 1.25 bits per heavy atom. The minimum absolute atomic E-state index is 0.479. The largest absolute Gasteiger partial charge is 0.466 e. The fourth-order valence-corrected chi connectivity index (χ4v) is 0.511. The first kappa shape index (κ1) is 13.5. The lowest BCUT2D eigenvalue weighted by Crippen LogP contribution is -1.92. The van der Waals surface area contributed by atoms with Crippen molar-refractivity contribution < 1.29 is 19.1 Å². The van der Waals surface area contributed by atoms with Crippen LogP contribution in [0.4, 0.5) is 0 Å². The fraction of sp³-hybridized carbons (Fsp3) is 0.167. The molecule has 0 atom stereocenters. The van der Waals surface area contributed by atoms with Crippen molar-refractivity contribution in [2.45, 2.75) is 0 Å². The fourth-order valence-electron chi connectivity index (χ4n) is 0.511. The van der Waals surface area contributed by atoms with Gasteiger partial charge in [-0.2, -0.15) is 0 Å². The zero-order chi connectivity index (χ0) is 12.2. The normalized spacial score (nSPS) is 8.88. The maximum Gasteiger partial charge on any atom is 0.331 e. The van der Waals surface area contributed by atoms with Crippen molar-refractivity contribution >= 4 is 11.9 Å². The molecular formula is C12H10O4. The van der Waals surface area contributed by atoms with Crippen LogP contribution in [0.5, 0.6) is 0 Å². The van der Waals surface area contributed by atoms with Gasteiger partial charge in [0.1, 0.15) is 0 Å². The van der Waals surface area contributed by atoms with Crippen molar-refractivity contribution in [1.82, 2.24) is 0 Å². The summed E-state index contributed by atoms with van der Waals surface area (Å²) in [7, 11) is 2.55. The van der Waals surface area contributed by atoms with Crippen molar-refractivity contribution in [2.24, 2.45) is 0 Å². The highest BCUT2D eigenvalue weighted by atomic mass is 16.5. The Hall–Kier alpha value is -2.46. The van der Waals surface area contributed by atoms with E-state index in [2.05, 4.69) is 33.2 Å². The molecule has 0 aromatic carbocycles. The van der Waals surface area contributed by atoms with Crippen LogP contribution in [0.3, 0.4) is 0 Å². The monoisotopic (exact) mass is 218 g/mol. The highest BCUT2D eigenvalue weighted by Crippen LogP contribution is 1.76. The van der Waals surface area contributed by atoms with E-state index in [1.807, 2.05) is 0 Å². The molecule has 0 saturated carbocycles. The van der Waals surface area contributed by atoms with E-state index in [0.717, 1.165) is 0 Å². The van der Waals surface area contributed by atoms with Gasteiger partial charge in [-0.25, -0.2) is 9.59 Å². The Balaban J connectivity index is 4.07. The van der Waals surface area contributed by atoms with Crippen LogP contribution in [-0.4, -0.2) is 26.2 Å². The Morgan fingerprint density at radius 3 is 1.56 bits per heavy atom. The van der Waals surface area contributed by atoms with Crippen LogP contribution >= 0.6 is 0 Å². The van der Waals surface area contributed by atoms with Gasteiger partial charge in [0.15, 0.2) is 0 Å². The first-order valence-corrected chi connectivity index (χ1v) is 4.20. The third kappa shape index (κ3) is 8.15.